The van der Waals surface area contributed by atoms with Crippen LogP contribution in [0.5, 0.6) is 0 Å². The fourth-order valence-corrected chi connectivity index (χ4v) is 5.76. The molecule has 3 aromatic rings. The number of thiol groups is 1. The smallest absolute Gasteiger partial charge is 0.416 e. The van der Waals surface area contributed by atoms with E-state index in [9.17, 15) is 27.9 Å². The number of carboxylic acid groups (broad SMARTS) is 1. The predicted octanol–water partition coefficient (Wildman–Crippen LogP) is 5.32. The predicted molar refractivity (Wildman–Crippen MR) is 136 cm³/mol. The number of aliphatic carboxylic acids is 1. The summed E-state index contributed by atoms with van der Waals surface area (Å²) >= 11 is 0. The zero-order chi connectivity index (χ0) is 27.1. The van der Waals surface area contributed by atoms with Gasteiger partial charge in [-0.3, -0.25) is 9.36 Å². The Morgan fingerprint density at radius 3 is 2.24 bits per heavy atom. The average Bonchev–Trinajstić information content (AvgIpc) is 3.37. The van der Waals surface area contributed by atoms with E-state index in [4.69, 9.17) is 4.74 Å². The molecule has 1 aromatic heterocycles. The van der Waals surface area contributed by atoms with Crippen LogP contribution in [-0.4, -0.2) is 30.2 Å². The Hall–Kier alpha value is -3.73. The van der Waals surface area contributed by atoms with Gasteiger partial charge in [0, 0.05) is 12.6 Å². The molecule has 196 valence electrons. The van der Waals surface area contributed by atoms with Gasteiger partial charge in [-0.2, -0.15) is 28.7 Å². The van der Waals surface area contributed by atoms with Gasteiger partial charge >= 0.3 is 17.8 Å². The molecule has 0 bridgehead atoms. The first-order valence-electron chi connectivity index (χ1n) is 11.3. The van der Waals surface area contributed by atoms with Crippen molar-refractivity contribution in [3.8, 4) is 5.69 Å². The first-order chi connectivity index (χ1) is 17.3. The van der Waals surface area contributed by atoms with Crippen LogP contribution in [0, 0.1) is 0 Å². The van der Waals surface area contributed by atoms with Crippen LogP contribution in [-0.2, 0) is 22.8 Å². The summed E-state index contributed by atoms with van der Waals surface area (Å²) in [7, 11) is 0.343. The van der Waals surface area contributed by atoms with E-state index in [0.717, 1.165) is 22.4 Å². The molecule has 0 saturated carbocycles. The van der Waals surface area contributed by atoms with Crippen molar-refractivity contribution in [2.24, 2.45) is 7.05 Å². The Morgan fingerprint density at radius 1 is 1.05 bits per heavy atom. The summed E-state index contributed by atoms with van der Waals surface area (Å²) in [5, 5.41) is 17.8. The number of rotatable bonds is 7. The van der Waals surface area contributed by atoms with Crippen molar-refractivity contribution in [1.29, 1.82) is 0 Å². The molecule has 0 saturated heterocycles. The van der Waals surface area contributed by atoms with E-state index in [0.29, 0.717) is 11.3 Å². The SMILES string of the molecule is CC1=C[SH](C(C)(C)C(=O)O)C=C1OC(c1ccccc1)c1nn(-c2ccc(C(F)(F)F)cc2)c(=O)n1C. The quantitative estimate of drug-likeness (QED) is 0.402. The molecule has 2 atom stereocenters. The maximum Gasteiger partial charge on any atom is 0.416 e. The van der Waals surface area contributed by atoms with E-state index in [2.05, 4.69) is 5.10 Å². The number of halogens is 3. The van der Waals surface area contributed by atoms with E-state index in [1.54, 1.807) is 19.3 Å². The van der Waals surface area contributed by atoms with Crippen LogP contribution in [0.2, 0.25) is 0 Å². The number of hydrogen-bond donors (Lipinski definition) is 2. The molecule has 4 rings (SSSR count). The van der Waals surface area contributed by atoms with Crippen LogP contribution in [0.1, 0.15) is 43.8 Å². The number of nitrogens with zero attached hydrogens (tertiary/aromatic N) is 3. The van der Waals surface area contributed by atoms with Gasteiger partial charge in [-0.05, 0) is 61.4 Å². The van der Waals surface area contributed by atoms with Gasteiger partial charge in [-0.15, -0.1) is 5.10 Å². The molecule has 11 heteroatoms. The van der Waals surface area contributed by atoms with Crippen molar-refractivity contribution < 1.29 is 27.8 Å². The fraction of sp³-hybridized carbons (Fsp3) is 0.269. The zero-order valence-electron chi connectivity index (χ0n) is 20.5. The van der Waals surface area contributed by atoms with Crippen molar-refractivity contribution in [3.05, 3.63) is 104 Å². The van der Waals surface area contributed by atoms with Gasteiger partial charge in [0.2, 0.25) is 0 Å². The Morgan fingerprint density at radius 2 is 1.68 bits per heavy atom. The summed E-state index contributed by atoms with van der Waals surface area (Å²) in [6, 6.07) is 13.2. The molecule has 0 spiro atoms. The molecule has 1 aliphatic heterocycles. The highest BCUT2D eigenvalue weighted by molar-refractivity contribution is 8.24. The van der Waals surface area contributed by atoms with Gasteiger partial charge in [0.25, 0.3) is 0 Å². The van der Waals surface area contributed by atoms with E-state index >= 15 is 0 Å². The number of allylic oxidation sites excluding steroid dienone is 1. The number of alkyl halides is 3. The molecule has 1 N–H and O–H groups in total. The van der Waals surface area contributed by atoms with Crippen molar-refractivity contribution in [2.45, 2.75) is 37.8 Å². The topological polar surface area (TPSA) is 86.3 Å². The van der Waals surface area contributed by atoms with E-state index in [1.807, 2.05) is 42.7 Å². The molecule has 1 aliphatic rings. The minimum absolute atomic E-state index is 0.176. The number of benzene rings is 2. The molecule has 7 nitrogen and oxygen atoms in total. The molecule has 0 radical (unpaired) electrons. The standard InChI is InChI=1S/C26H26F3N3O4S/c1-16-14-37(25(2,3)23(33)34)15-20(16)36-21(17-8-6-5-7-9-17)22-30-32(24(35)31(22)4)19-12-10-18(11-13-19)26(27,28)29/h5-15,21,37H,1-4H3,(H,33,34). The van der Waals surface area contributed by atoms with Crippen molar-refractivity contribution in [2.75, 3.05) is 0 Å². The third-order valence-corrected chi connectivity index (χ3v) is 8.84. The fourth-order valence-electron chi connectivity index (χ4n) is 3.76. The number of carbonyl (C=O) groups is 1. The maximum absolute atomic E-state index is 13.1. The van der Waals surface area contributed by atoms with Crippen LogP contribution >= 0.6 is 10.9 Å². The molecule has 0 amide bonds. The monoisotopic (exact) mass is 533 g/mol. The third kappa shape index (κ3) is 5.08. The zero-order valence-corrected chi connectivity index (χ0v) is 21.4. The molecular weight excluding hydrogens is 507 g/mol. The van der Waals surface area contributed by atoms with Crippen LogP contribution in [0.3, 0.4) is 0 Å². The van der Waals surface area contributed by atoms with Crippen molar-refractivity contribution >= 4 is 16.9 Å². The lowest BCUT2D eigenvalue weighted by molar-refractivity contribution is -0.139. The summed E-state index contributed by atoms with van der Waals surface area (Å²) in [5.74, 6) is -0.193. The van der Waals surface area contributed by atoms with Crippen LogP contribution in [0.4, 0.5) is 13.2 Å². The van der Waals surface area contributed by atoms with Crippen LogP contribution < -0.4 is 5.69 Å². The lowest BCUT2D eigenvalue weighted by Crippen LogP contribution is -2.29. The molecule has 0 aliphatic carbocycles. The van der Waals surface area contributed by atoms with E-state index < -0.39 is 45.1 Å². The van der Waals surface area contributed by atoms with Crippen LogP contribution in [0.15, 0.2) is 81.5 Å². The molecule has 2 unspecified atom stereocenters. The first kappa shape index (κ1) is 26.3. The minimum atomic E-state index is -4.50. The van der Waals surface area contributed by atoms with Crippen LogP contribution in [0.25, 0.3) is 5.69 Å². The Kier molecular flexibility index (Phi) is 6.85. The van der Waals surface area contributed by atoms with Gasteiger partial charge in [0.1, 0.15) is 5.76 Å². The highest BCUT2D eigenvalue weighted by Crippen LogP contribution is 2.51. The number of ether oxygens (including phenoxy) is 1. The average molecular weight is 534 g/mol. The second-order valence-electron chi connectivity index (χ2n) is 9.14. The lowest BCUT2D eigenvalue weighted by atomic mass is 10.1. The number of carboxylic acids is 1. The summed E-state index contributed by atoms with van der Waals surface area (Å²) in [6.07, 6.45) is -5.34. The highest BCUT2D eigenvalue weighted by Gasteiger charge is 2.36. The van der Waals surface area contributed by atoms with Crippen molar-refractivity contribution in [1.82, 2.24) is 14.3 Å². The Bertz CT molecular complexity index is 1440. The first-order valence-corrected chi connectivity index (χ1v) is 12.8. The molecular formula is C26H26F3N3O4S. The van der Waals surface area contributed by atoms with Crippen molar-refractivity contribution in [3.63, 3.8) is 0 Å². The third-order valence-electron chi connectivity index (χ3n) is 6.18. The molecule has 2 heterocycles. The highest BCUT2D eigenvalue weighted by atomic mass is 32.2. The summed E-state index contributed by atoms with van der Waals surface area (Å²) in [4.78, 5) is 24.9. The number of aromatic nitrogens is 3. The van der Waals surface area contributed by atoms with E-state index in [1.165, 1.54) is 23.7 Å². The lowest BCUT2D eigenvalue weighted by Gasteiger charge is -2.27. The maximum atomic E-state index is 13.1. The largest absolute Gasteiger partial charge is 0.480 e. The second-order valence-corrected chi connectivity index (χ2v) is 11.6. The van der Waals surface area contributed by atoms with Gasteiger partial charge in [0.05, 0.1) is 16.0 Å². The second kappa shape index (κ2) is 9.62. The summed E-state index contributed by atoms with van der Waals surface area (Å²) in [6.45, 7) is 5.15. The number of hydrogen-bond acceptors (Lipinski definition) is 4. The Labute approximate surface area is 213 Å². The minimum Gasteiger partial charge on any atom is -0.480 e. The molecule has 0 fully saturated rings. The van der Waals surface area contributed by atoms with E-state index in [-0.39, 0.29) is 11.5 Å². The summed E-state index contributed by atoms with van der Waals surface area (Å²) in [5.41, 5.74) is 0.254. The summed E-state index contributed by atoms with van der Waals surface area (Å²) < 4.78 is 46.7. The molecule has 2 aromatic carbocycles. The normalized spacial score (nSPS) is 17.8. The van der Waals surface area contributed by atoms with Gasteiger partial charge < -0.3 is 9.84 Å². The Balaban J connectivity index is 1.76. The molecule has 37 heavy (non-hydrogen) atoms. The van der Waals surface area contributed by atoms with Gasteiger partial charge in [-0.25, -0.2) is 4.79 Å². The van der Waals surface area contributed by atoms with Gasteiger partial charge in [0.15, 0.2) is 11.9 Å². The van der Waals surface area contributed by atoms with Gasteiger partial charge in [-0.1, -0.05) is 30.3 Å².